The Hall–Kier alpha value is -0.940. The summed E-state index contributed by atoms with van der Waals surface area (Å²) in [6, 6.07) is 2.20. The number of hydrogen-bond acceptors (Lipinski definition) is 4. The molecule has 0 aromatic carbocycles. The Morgan fingerprint density at radius 3 is 2.80 bits per heavy atom. The first-order valence-corrected chi connectivity index (χ1v) is 8.16. The maximum Gasteiger partial charge on any atom is 0.324 e. The van der Waals surface area contributed by atoms with Gasteiger partial charge < -0.3 is 5.32 Å². The molecule has 1 N–H and O–H groups in total. The van der Waals surface area contributed by atoms with Crippen LogP contribution in [0.1, 0.15) is 45.6 Å². The quantitative estimate of drug-likeness (QED) is 0.675. The van der Waals surface area contributed by atoms with Crippen LogP contribution in [0.25, 0.3) is 0 Å². The first kappa shape index (κ1) is 14.0. The zero-order chi connectivity index (χ0) is 14.5. The van der Waals surface area contributed by atoms with Gasteiger partial charge in [0.1, 0.15) is 0 Å². The van der Waals surface area contributed by atoms with E-state index in [1.54, 1.807) is 6.07 Å². The molecule has 2 fully saturated rings. The highest BCUT2D eigenvalue weighted by Gasteiger charge is 2.58. The van der Waals surface area contributed by atoms with Gasteiger partial charge in [-0.3, -0.25) is 10.1 Å². The number of nitrogens with one attached hydrogen (secondary N) is 1. The van der Waals surface area contributed by atoms with Crippen molar-refractivity contribution < 1.29 is 4.92 Å². The first-order valence-electron chi connectivity index (χ1n) is 7.28. The van der Waals surface area contributed by atoms with Crippen molar-refractivity contribution in [2.75, 3.05) is 0 Å². The summed E-state index contributed by atoms with van der Waals surface area (Å²) >= 11 is 1.22. The van der Waals surface area contributed by atoms with Crippen LogP contribution >= 0.6 is 11.3 Å². The third-order valence-electron chi connectivity index (χ3n) is 5.60. The molecule has 3 unspecified atom stereocenters. The van der Waals surface area contributed by atoms with E-state index < -0.39 is 0 Å². The Balaban J connectivity index is 1.70. The fraction of sp³-hybridized carbons (Fsp3) is 0.733. The Morgan fingerprint density at radius 2 is 2.25 bits per heavy atom. The van der Waals surface area contributed by atoms with Crippen LogP contribution in [-0.4, -0.2) is 11.0 Å². The van der Waals surface area contributed by atoms with Crippen molar-refractivity contribution in [1.82, 2.24) is 5.32 Å². The van der Waals surface area contributed by atoms with Gasteiger partial charge in [0.15, 0.2) is 0 Å². The molecule has 1 aromatic heterocycles. The van der Waals surface area contributed by atoms with E-state index in [2.05, 4.69) is 26.1 Å². The molecule has 0 amide bonds. The number of fused-ring (bicyclic) bond motifs is 2. The van der Waals surface area contributed by atoms with E-state index in [4.69, 9.17) is 0 Å². The maximum atomic E-state index is 10.7. The Kier molecular flexibility index (Phi) is 3.18. The standard InChI is InChI=1S/C15H22N2O2S/c1-14(2)11-4-5-15(3,7-11)13(14)16-8-10-6-12(17(18)19)20-9-10/h6,9,11,13,16H,4-5,7-8H2,1-3H3. The normalized spacial score (nSPS) is 34.5. The number of nitro groups is 1. The molecule has 0 radical (unpaired) electrons. The van der Waals surface area contributed by atoms with Crippen LogP contribution in [0.5, 0.6) is 0 Å². The molecule has 5 heteroatoms. The third-order valence-corrected chi connectivity index (χ3v) is 6.53. The highest BCUT2D eigenvalue weighted by Crippen LogP contribution is 2.62. The predicted octanol–water partition coefficient (Wildman–Crippen LogP) is 3.96. The zero-order valence-electron chi connectivity index (χ0n) is 12.3. The molecule has 20 heavy (non-hydrogen) atoms. The minimum absolute atomic E-state index is 0.236. The van der Waals surface area contributed by atoms with Gasteiger partial charge in [0.05, 0.1) is 4.92 Å². The monoisotopic (exact) mass is 294 g/mol. The topological polar surface area (TPSA) is 55.2 Å². The second-order valence-electron chi connectivity index (χ2n) is 7.28. The Bertz CT molecular complexity index is 535. The third kappa shape index (κ3) is 2.07. The molecule has 2 bridgehead atoms. The fourth-order valence-corrected chi connectivity index (χ4v) is 5.31. The molecule has 4 nitrogen and oxygen atoms in total. The van der Waals surface area contributed by atoms with E-state index in [9.17, 15) is 10.1 Å². The predicted molar refractivity (Wildman–Crippen MR) is 80.8 cm³/mol. The van der Waals surface area contributed by atoms with Gasteiger partial charge in [-0.2, -0.15) is 0 Å². The molecule has 2 aliphatic carbocycles. The summed E-state index contributed by atoms with van der Waals surface area (Å²) in [5.74, 6) is 0.821. The molecular formula is C15H22N2O2S. The fourth-order valence-electron chi connectivity index (χ4n) is 4.58. The van der Waals surface area contributed by atoms with Gasteiger partial charge >= 0.3 is 5.00 Å². The van der Waals surface area contributed by atoms with Gasteiger partial charge in [-0.1, -0.05) is 32.1 Å². The van der Waals surface area contributed by atoms with Crippen molar-refractivity contribution in [2.24, 2.45) is 16.7 Å². The van der Waals surface area contributed by atoms with Crippen molar-refractivity contribution in [3.63, 3.8) is 0 Å². The molecule has 3 atom stereocenters. The minimum atomic E-state index is -0.309. The molecule has 1 aromatic rings. The van der Waals surface area contributed by atoms with Crippen LogP contribution in [0.4, 0.5) is 5.00 Å². The second-order valence-corrected chi connectivity index (χ2v) is 8.17. The van der Waals surface area contributed by atoms with Crippen LogP contribution in [-0.2, 0) is 6.54 Å². The molecule has 0 aliphatic heterocycles. The molecule has 2 aliphatic rings. The number of rotatable bonds is 4. The minimum Gasteiger partial charge on any atom is -0.309 e. The van der Waals surface area contributed by atoms with Crippen molar-refractivity contribution in [3.05, 3.63) is 27.1 Å². The van der Waals surface area contributed by atoms with E-state index >= 15 is 0 Å². The average Bonchev–Trinajstić information content (AvgIpc) is 2.99. The molecule has 110 valence electrons. The lowest BCUT2D eigenvalue weighted by Crippen LogP contribution is -2.49. The van der Waals surface area contributed by atoms with E-state index in [0.29, 0.717) is 16.9 Å². The molecule has 2 saturated carbocycles. The van der Waals surface area contributed by atoms with Gasteiger partial charge in [0.2, 0.25) is 0 Å². The summed E-state index contributed by atoms with van der Waals surface area (Å²) in [6.45, 7) is 7.88. The molecule has 1 heterocycles. The van der Waals surface area contributed by atoms with Crippen molar-refractivity contribution in [1.29, 1.82) is 0 Å². The smallest absolute Gasteiger partial charge is 0.309 e. The maximum absolute atomic E-state index is 10.7. The molecule has 3 rings (SSSR count). The summed E-state index contributed by atoms with van der Waals surface area (Å²) in [6.07, 6.45) is 3.98. The van der Waals surface area contributed by atoms with Crippen LogP contribution in [0, 0.1) is 26.9 Å². The zero-order valence-corrected chi connectivity index (χ0v) is 13.1. The summed E-state index contributed by atoms with van der Waals surface area (Å²) in [5, 5.41) is 16.6. The lowest BCUT2D eigenvalue weighted by atomic mass is 9.68. The number of nitrogens with zero attached hydrogens (tertiary/aromatic N) is 1. The van der Waals surface area contributed by atoms with E-state index in [1.165, 1.54) is 30.6 Å². The van der Waals surface area contributed by atoms with Crippen molar-refractivity contribution >= 4 is 16.3 Å². The van der Waals surface area contributed by atoms with Gasteiger partial charge in [-0.15, -0.1) is 0 Å². The van der Waals surface area contributed by atoms with Crippen LogP contribution in [0.15, 0.2) is 11.4 Å². The number of hydrogen-bond donors (Lipinski definition) is 1. The number of thiophene rings is 1. The molecule has 0 spiro atoms. The summed E-state index contributed by atoms with van der Waals surface area (Å²) < 4.78 is 0. The summed E-state index contributed by atoms with van der Waals surface area (Å²) in [5.41, 5.74) is 1.76. The van der Waals surface area contributed by atoms with Crippen LogP contribution in [0.3, 0.4) is 0 Å². The SMILES string of the molecule is CC12CCC(C1)C(C)(C)C2NCc1csc([N+](=O)[O-])c1. The van der Waals surface area contributed by atoms with E-state index in [1.807, 2.05) is 5.38 Å². The van der Waals surface area contributed by atoms with Crippen molar-refractivity contribution in [3.8, 4) is 0 Å². The van der Waals surface area contributed by atoms with Crippen LogP contribution in [0.2, 0.25) is 0 Å². The second kappa shape index (κ2) is 4.53. The van der Waals surface area contributed by atoms with Gasteiger partial charge in [0.25, 0.3) is 0 Å². The lowest BCUT2D eigenvalue weighted by molar-refractivity contribution is -0.380. The largest absolute Gasteiger partial charge is 0.324 e. The van der Waals surface area contributed by atoms with Gasteiger partial charge in [-0.05, 0) is 41.6 Å². The molecule has 0 saturated heterocycles. The average molecular weight is 294 g/mol. The Morgan fingerprint density at radius 1 is 1.50 bits per heavy atom. The highest BCUT2D eigenvalue weighted by molar-refractivity contribution is 7.13. The van der Waals surface area contributed by atoms with E-state index in [-0.39, 0.29) is 9.92 Å². The lowest BCUT2D eigenvalue weighted by Gasteiger charge is -2.43. The highest BCUT2D eigenvalue weighted by atomic mass is 32.1. The van der Waals surface area contributed by atoms with E-state index in [0.717, 1.165) is 18.0 Å². The van der Waals surface area contributed by atoms with Crippen molar-refractivity contribution in [2.45, 2.75) is 52.6 Å². The summed E-state index contributed by atoms with van der Waals surface area (Å²) in [4.78, 5) is 10.4. The Labute approximate surface area is 123 Å². The summed E-state index contributed by atoms with van der Waals surface area (Å²) in [7, 11) is 0. The molecular weight excluding hydrogens is 272 g/mol. The first-order chi connectivity index (χ1) is 9.33. The van der Waals surface area contributed by atoms with Gasteiger partial charge in [0, 0.05) is 24.0 Å². The van der Waals surface area contributed by atoms with Crippen LogP contribution < -0.4 is 5.32 Å². The van der Waals surface area contributed by atoms with Gasteiger partial charge in [-0.25, -0.2) is 0 Å².